The molecule has 0 aliphatic carbocycles. The second-order valence-corrected chi connectivity index (χ2v) is 7.19. The Morgan fingerprint density at radius 1 is 1.39 bits per heavy atom. The van der Waals surface area contributed by atoms with Crippen LogP contribution in [0.4, 0.5) is 0 Å². The molecule has 2 aliphatic heterocycles. The summed E-state index contributed by atoms with van der Waals surface area (Å²) in [6.07, 6.45) is 0. The van der Waals surface area contributed by atoms with E-state index in [0.717, 1.165) is 5.56 Å². The quantitative estimate of drug-likeness (QED) is 0.544. The van der Waals surface area contributed by atoms with Gasteiger partial charge in [0.15, 0.2) is 12.6 Å². The van der Waals surface area contributed by atoms with Crippen molar-refractivity contribution in [3.05, 3.63) is 35.9 Å². The first-order chi connectivity index (χ1) is 8.52. The van der Waals surface area contributed by atoms with Crippen molar-refractivity contribution >= 4 is 19.2 Å². The number of carboxylic acid groups (broad SMARTS) is 1. The number of hydrogen-bond donors (Lipinski definition) is 3. The van der Waals surface area contributed by atoms with Gasteiger partial charge in [-0.1, -0.05) is 30.3 Å². The lowest BCUT2D eigenvalue weighted by Crippen LogP contribution is -2.40. The van der Waals surface area contributed by atoms with E-state index in [1.807, 2.05) is 30.3 Å². The van der Waals surface area contributed by atoms with Gasteiger partial charge in [0, 0.05) is 0 Å². The average Bonchev–Trinajstić information content (AvgIpc) is 3.12. The van der Waals surface area contributed by atoms with E-state index < -0.39 is 31.0 Å². The third-order valence-electron chi connectivity index (χ3n) is 3.36. The van der Waals surface area contributed by atoms with Crippen LogP contribution in [0.15, 0.2) is 30.3 Å². The molecule has 0 saturated carbocycles. The van der Waals surface area contributed by atoms with Gasteiger partial charge in [0.2, 0.25) is 0 Å². The van der Waals surface area contributed by atoms with Gasteiger partial charge in [-0.2, -0.15) is 0 Å². The van der Waals surface area contributed by atoms with Crippen molar-refractivity contribution in [2.24, 2.45) is 0 Å². The molecule has 1 amide bonds. The zero-order chi connectivity index (χ0) is 13.0. The molecule has 1 aromatic rings. The summed E-state index contributed by atoms with van der Waals surface area (Å²) in [6.45, 7) is -0.455. The second kappa shape index (κ2) is 3.43. The number of fused-ring (bicyclic) bond motifs is 1. The minimum atomic E-state index is -2.66. The summed E-state index contributed by atoms with van der Waals surface area (Å²) in [4.78, 5) is 22.2. The average molecular weight is 266 g/mol. The number of hydrogen-bond acceptors (Lipinski definition) is 3. The molecule has 0 spiro atoms. The van der Waals surface area contributed by atoms with Crippen molar-refractivity contribution in [3.8, 4) is 0 Å². The minimum Gasteiger partial charge on any atom is -0.480 e. The zero-order valence-electron chi connectivity index (χ0n) is 9.29. The molecule has 2 heterocycles. The van der Waals surface area contributed by atoms with Crippen LogP contribution in [0.2, 0.25) is 0 Å². The van der Waals surface area contributed by atoms with Crippen molar-refractivity contribution in [1.82, 2.24) is 10.4 Å². The molecule has 18 heavy (non-hydrogen) atoms. The first-order valence-electron chi connectivity index (χ1n) is 5.46. The first kappa shape index (κ1) is 11.4. The number of carboxylic acids is 1. The molecule has 0 aromatic heterocycles. The maximum Gasteiger partial charge on any atom is 0.322 e. The summed E-state index contributed by atoms with van der Waals surface area (Å²) in [5, 5.41) is 12.5. The summed E-state index contributed by atoms with van der Waals surface area (Å²) in [5.41, 5.74) is 0.546. The van der Waals surface area contributed by atoms with Crippen LogP contribution < -0.4 is 10.4 Å². The molecule has 94 valence electrons. The minimum absolute atomic E-state index is 0.306. The van der Waals surface area contributed by atoms with Crippen LogP contribution in [-0.2, 0) is 14.2 Å². The topological polar surface area (TPSA) is 105 Å². The maximum absolute atomic E-state index is 12.2. The smallest absolute Gasteiger partial charge is 0.322 e. The SMILES string of the molecule is O=C(O)CNC(=O)[C@]12NP1(=O)C2c1ccccc1. The lowest BCUT2D eigenvalue weighted by molar-refractivity contribution is -0.138. The van der Waals surface area contributed by atoms with Crippen molar-refractivity contribution in [1.29, 1.82) is 0 Å². The maximum atomic E-state index is 12.2. The van der Waals surface area contributed by atoms with Crippen LogP contribution in [0, 0.1) is 0 Å². The number of benzene rings is 1. The lowest BCUT2D eigenvalue weighted by Gasteiger charge is -2.09. The highest BCUT2D eigenvalue weighted by molar-refractivity contribution is 7.81. The highest BCUT2D eigenvalue weighted by Gasteiger charge is 2.95. The Labute approximate surface area is 103 Å². The Morgan fingerprint density at radius 3 is 2.61 bits per heavy atom. The number of nitrogens with one attached hydrogen (secondary N) is 2. The number of carbonyl (C=O) groups excluding carboxylic acids is 1. The zero-order valence-corrected chi connectivity index (χ0v) is 10.2. The molecule has 2 unspecified atom stereocenters. The number of rotatable bonds is 4. The summed E-state index contributed by atoms with van der Waals surface area (Å²) in [7, 11) is -2.66. The van der Waals surface area contributed by atoms with Gasteiger partial charge < -0.3 is 15.0 Å². The monoisotopic (exact) mass is 266 g/mol. The van der Waals surface area contributed by atoms with Crippen LogP contribution in [0.3, 0.4) is 0 Å². The number of amides is 1. The van der Waals surface area contributed by atoms with Gasteiger partial charge in [0.25, 0.3) is 5.91 Å². The van der Waals surface area contributed by atoms with E-state index in [1.165, 1.54) is 0 Å². The molecule has 3 rings (SSSR count). The van der Waals surface area contributed by atoms with Crippen LogP contribution in [0.5, 0.6) is 0 Å². The van der Waals surface area contributed by atoms with Crippen LogP contribution >= 0.6 is 7.29 Å². The highest BCUT2D eigenvalue weighted by atomic mass is 31.2. The third kappa shape index (κ3) is 1.30. The Balaban J connectivity index is 1.77. The van der Waals surface area contributed by atoms with Crippen molar-refractivity contribution in [3.63, 3.8) is 0 Å². The predicted octanol–water partition coefficient (Wildman–Crippen LogP) is 0.520. The van der Waals surface area contributed by atoms with Gasteiger partial charge in [0.1, 0.15) is 6.54 Å². The van der Waals surface area contributed by atoms with Crippen LogP contribution in [0.1, 0.15) is 11.2 Å². The molecule has 3 N–H and O–H groups in total. The molecular weight excluding hydrogens is 255 g/mol. The van der Waals surface area contributed by atoms with Gasteiger partial charge in [-0.25, -0.2) is 5.09 Å². The molecule has 2 fully saturated rings. The summed E-state index contributed by atoms with van der Waals surface area (Å²) in [5.74, 6) is -1.60. The summed E-state index contributed by atoms with van der Waals surface area (Å²) >= 11 is 0. The Bertz CT molecular complexity index is 588. The molecule has 0 radical (unpaired) electrons. The molecular formula is C11H11N2O4P. The lowest BCUT2D eigenvalue weighted by atomic mass is 10.1. The third-order valence-corrected chi connectivity index (χ3v) is 6.58. The summed E-state index contributed by atoms with van der Waals surface area (Å²) in [6, 6.07) is 9.14. The standard InChI is InChI=1S/C11H11N2O4P/c14-8(15)6-12-10(16)11-9(18(11,17)13-11)7-4-2-1-3-5-7/h1-5,9H,6H2,(H,12,16)(H,13,17)(H,14,15)/t9?,11-,18?/m1/s1. The van der Waals surface area contributed by atoms with Crippen LogP contribution in [0.25, 0.3) is 0 Å². The molecule has 3 atom stereocenters. The molecule has 7 heteroatoms. The number of aliphatic carboxylic acids is 1. The Morgan fingerprint density at radius 2 is 2.06 bits per heavy atom. The number of carbonyl (C=O) groups is 2. The van der Waals surface area contributed by atoms with E-state index in [-0.39, 0.29) is 5.66 Å². The van der Waals surface area contributed by atoms with E-state index in [1.54, 1.807) is 0 Å². The van der Waals surface area contributed by atoms with Crippen molar-refractivity contribution in [2.45, 2.75) is 10.9 Å². The summed E-state index contributed by atoms with van der Waals surface area (Å²) < 4.78 is 12.2. The van der Waals surface area contributed by atoms with Gasteiger partial charge in [-0.15, -0.1) is 0 Å². The Kier molecular flexibility index (Phi) is 2.18. The molecule has 2 aliphatic rings. The fourth-order valence-electron chi connectivity index (χ4n) is 2.39. The first-order valence-corrected chi connectivity index (χ1v) is 7.24. The highest BCUT2D eigenvalue weighted by Crippen LogP contribution is 3.00. The molecule has 2 saturated heterocycles. The normalized spacial score (nSPS) is 35.4. The van der Waals surface area contributed by atoms with E-state index in [0.29, 0.717) is 0 Å². The molecule has 0 bridgehead atoms. The Hall–Kier alpha value is -1.65. The molecule has 1 aromatic carbocycles. The van der Waals surface area contributed by atoms with Crippen molar-refractivity contribution in [2.75, 3.05) is 6.54 Å². The largest absolute Gasteiger partial charge is 0.480 e. The van der Waals surface area contributed by atoms with Crippen molar-refractivity contribution < 1.29 is 19.3 Å². The second-order valence-electron chi connectivity index (χ2n) is 4.43. The van der Waals surface area contributed by atoms with Gasteiger partial charge in [-0.05, 0) is 5.56 Å². The van der Waals surface area contributed by atoms with Gasteiger partial charge in [-0.3, -0.25) is 9.59 Å². The predicted molar refractivity (Wildman–Crippen MR) is 63.3 cm³/mol. The fourth-order valence-corrected chi connectivity index (χ4v) is 5.70. The molecule has 6 nitrogen and oxygen atoms in total. The van der Waals surface area contributed by atoms with E-state index >= 15 is 0 Å². The van der Waals surface area contributed by atoms with E-state index in [9.17, 15) is 14.2 Å². The van der Waals surface area contributed by atoms with Gasteiger partial charge in [0.05, 0.1) is 5.66 Å². The van der Waals surface area contributed by atoms with Crippen LogP contribution in [-0.4, -0.2) is 28.8 Å². The van der Waals surface area contributed by atoms with E-state index in [4.69, 9.17) is 5.11 Å². The van der Waals surface area contributed by atoms with Gasteiger partial charge >= 0.3 is 5.97 Å². The fraction of sp³-hybridized carbons (Fsp3) is 0.273. The van der Waals surface area contributed by atoms with E-state index in [2.05, 4.69) is 10.4 Å².